The molecular weight excluding hydrogens is 391 g/mol. The van der Waals surface area contributed by atoms with Crippen molar-refractivity contribution in [2.75, 3.05) is 0 Å². The first kappa shape index (κ1) is 20.6. The smallest absolute Gasteiger partial charge is 0.299 e. The highest BCUT2D eigenvalue weighted by Crippen LogP contribution is 2.35. The largest absolute Gasteiger partial charge is 0.419 e. The first-order valence-electron chi connectivity index (χ1n) is 8.63. The van der Waals surface area contributed by atoms with Crippen LogP contribution in [0.3, 0.4) is 0 Å². The summed E-state index contributed by atoms with van der Waals surface area (Å²) in [6.07, 6.45) is -0.755. The van der Waals surface area contributed by atoms with E-state index in [-0.39, 0.29) is 29.9 Å². The molecule has 8 heteroatoms. The minimum atomic E-state index is -4.86. The van der Waals surface area contributed by atoms with Crippen molar-refractivity contribution in [1.29, 1.82) is 0 Å². The highest BCUT2D eigenvalue weighted by Gasteiger charge is 2.34. The molecule has 0 saturated heterocycles. The molecule has 0 unspecified atom stereocenters. The van der Waals surface area contributed by atoms with Crippen LogP contribution >= 0.6 is 0 Å². The number of benzene rings is 1. The summed E-state index contributed by atoms with van der Waals surface area (Å²) >= 11 is 0. The Bertz CT molecular complexity index is 1010. The van der Waals surface area contributed by atoms with Gasteiger partial charge in [0.05, 0.1) is 11.3 Å². The van der Waals surface area contributed by atoms with Crippen molar-refractivity contribution >= 4 is 5.78 Å². The molecule has 29 heavy (non-hydrogen) atoms. The highest BCUT2D eigenvalue weighted by atomic mass is 19.4. The predicted molar refractivity (Wildman–Crippen MR) is 95.0 cm³/mol. The molecule has 3 nitrogen and oxygen atoms in total. The van der Waals surface area contributed by atoms with Gasteiger partial charge in [-0.15, -0.1) is 0 Å². The minimum Gasteiger partial charge on any atom is -0.299 e. The third kappa shape index (κ3) is 5.01. The standard InChI is InChI=1S/C21H15F5N2O/c22-18-4-2-8-28-20(18)16(11-15(29)9-13-3-1-7-27-12-13)14-5-6-17(19(23)10-14)21(24,25)26/h1-8,10,12,16H,9,11H2/t16-/m0/s1. The van der Waals surface area contributed by atoms with E-state index in [1.54, 1.807) is 18.3 Å². The lowest BCUT2D eigenvalue weighted by atomic mass is 9.88. The van der Waals surface area contributed by atoms with Gasteiger partial charge in [-0.25, -0.2) is 8.78 Å². The van der Waals surface area contributed by atoms with Crippen LogP contribution in [0, 0.1) is 11.6 Å². The maximum Gasteiger partial charge on any atom is 0.419 e. The monoisotopic (exact) mass is 406 g/mol. The van der Waals surface area contributed by atoms with Gasteiger partial charge in [0, 0.05) is 37.4 Å². The molecule has 3 aromatic rings. The maximum absolute atomic E-state index is 14.3. The number of carbonyl (C=O) groups is 1. The van der Waals surface area contributed by atoms with Crippen LogP contribution in [-0.4, -0.2) is 15.8 Å². The molecule has 1 aromatic carbocycles. The van der Waals surface area contributed by atoms with Crippen molar-refractivity contribution in [3.05, 3.63) is 95.1 Å². The third-order valence-electron chi connectivity index (χ3n) is 4.37. The molecule has 2 heterocycles. The molecule has 0 spiro atoms. The number of ketones is 1. The Morgan fingerprint density at radius 3 is 2.38 bits per heavy atom. The van der Waals surface area contributed by atoms with Gasteiger partial charge in [-0.2, -0.15) is 13.2 Å². The molecule has 0 N–H and O–H groups in total. The molecule has 0 aliphatic heterocycles. The zero-order chi connectivity index (χ0) is 21.0. The van der Waals surface area contributed by atoms with Gasteiger partial charge in [-0.05, 0) is 41.5 Å². The number of pyridine rings is 2. The fourth-order valence-corrected chi connectivity index (χ4v) is 3.03. The molecule has 1 atom stereocenters. The topological polar surface area (TPSA) is 42.9 Å². The summed E-state index contributed by atoms with van der Waals surface area (Å²) in [5, 5.41) is 0. The Balaban J connectivity index is 1.95. The second-order valence-electron chi connectivity index (χ2n) is 6.44. The average molecular weight is 406 g/mol. The molecule has 0 saturated carbocycles. The van der Waals surface area contributed by atoms with E-state index in [1.165, 1.54) is 18.5 Å². The molecule has 2 aromatic heterocycles. The molecule has 0 radical (unpaired) electrons. The lowest BCUT2D eigenvalue weighted by molar-refractivity contribution is -0.140. The number of carbonyl (C=O) groups excluding carboxylic acids is 1. The lowest BCUT2D eigenvalue weighted by Gasteiger charge is -2.18. The zero-order valence-electron chi connectivity index (χ0n) is 15.0. The van der Waals surface area contributed by atoms with E-state index in [0.717, 1.165) is 12.1 Å². The summed E-state index contributed by atoms with van der Waals surface area (Å²) in [5.41, 5.74) is -0.890. The number of nitrogens with zero attached hydrogens (tertiary/aromatic N) is 2. The van der Waals surface area contributed by atoms with Gasteiger partial charge in [0.2, 0.25) is 0 Å². The number of alkyl halides is 3. The van der Waals surface area contributed by atoms with Crippen molar-refractivity contribution in [2.45, 2.75) is 24.9 Å². The van der Waals surface area contributed by atoms with Crippen LogP contribution in [0.5, 0.6) is 0 Å². The summed E-state index contributed by atoms with van der Waals surface area (Å²) in [5.74, 6) is -3.56. The summed E-state index contributed by atoms with van der Waals surface area (Å²) in [6, 6.07) is 8.13. The van der Waals surface area contributed by atoms with Gasteiger partial charge in [-0.1, -0.05) is 12.1 Å². The van der Waals surface area contributed by atoms with Crippen molar-refractivity contribution in [3.63, 3.8) is 0 Å². The van der Waals surface area contributed by atoms with Crippen LogP contribution in [-0.2, 0) is 17.4 Å². The summed E-state index contributed by atoms with van der Waals surface area (Å²) in [4.78, 5) is 20.4. The van der Waals surface area contributed by atoms with Crippen LogP contribution in [0.1, 0.15) is 34.7 Å². The Labute approximate surface area is 163 Å². The molecular formula is C21H15F5N2O. The van der Waals surface area contributed by atoms with Crippen molar-refractivity contribution < 1.29 is 26.7 Å². The van der Waals surface area contributed by atoms with Crippen molar-refractivity contribution in [1.82, 2.24) is 9.97 Å². The Kier molecular flexibility index (Phi) is 6.00. The summed E-state index contributed by atoms with van der Waals surface area (Å²) in [7, 11) is 0. The van der Waals surface area contributed by atoms with Gasteiger partial charge < -0.3 is 0 Å². The number of Topliss-reactive ketones (excluding diaryl/α,β-unsaturated/α-hetero) is 1. The Morgan fingerprint density at radius 1 is 1.00 bits per heavy atom. The first-order valence-corrected chi connectivity index (χ1v) is 8.63. The van der Waals surface area contributed by atoms with Crippen molar-refractivity contribution in [2.24, 2.45) is 0 Å². The second-order valence-corrected chi connectivity index (χ2v) is 6.44. The molecule has 0 fully saturated rings. The number of hydrogen-bond donors (Lipinski definition) is 0. The van der Waals surface area contributed by atoms with E-state index in [4.69, 9.17) is 0 Å². The fraction of sp³-hybridized carbons (Fsp3) is 0.190. The average Bonchev–Trinajstić information content (AvgIpc) is 2.66. The SMILES string of the molecule is O=C(Cc1cccnc1)C[C@@H](c1ccc(C(F)(F)F)c(F)c1)c1ncccc1F. The van der Waals surface area contributed by atoms with E-state index in [0.29, 0.717) is 17.7 Å². The Morgan fingerprint density at radius 2 is 1.76 bits per heavy atom. The maximum atomic E-state index is 14.3. The number of aromatic nitrogens is 2. The second kappa shape index (κ2) is 8.46. The van der Waals surface area contributed by atoms with Crippen LogP contribution in [0.25, 0.3) is 0 Å². The van der Waals surface area contributed by atoms with E-state index >= 15 is 0 Å². The molecule has 0 amide bonds. The zero-order valence-corrected chi connectivity index (χ0v) is 15.0. The number of halogens is 5. The van der Waals surface area contributed by atoms with E-state index in [1.807, 2.05) is 0 Å². The summed E-state index contributed by atoms with van der Waals surface area (Å²) < 4.78 is 66.9. The predicted octanol–water partition coefficient (Wildman–Crippen LogP) is 5.11. The van der Waals surface area contributed by atoms with Gasteiger partial charge >= 0.3 is 6.18 Å². The van der Waals surface area contributed by atoms with E-state index in [2.05, 4.69) is 9.97 Å². The quantitative estimate of drug-likeness (QED) is 0.535. The van der Waals surface area contributed by atoms with Crippen LogP contribution in [0.4, 0.5) is 22.0 Å². The molecule has 0 bridgehead atoms. The lowest BCUT2D eigenvalue weighted by Crippen LogP contribution is -2.15. The number of hydrogen-bond acceptors (Lipinski definition) is 3. The third-order valence-corrected chi connectivity index (χ3v) is 4.37. The molecule has 150 valence electrons. The number of rotatable bonds is 6. The van der Waals surface area contributed by atoms with Gasteiger partial charge in [0.15, 0.2) is 0 Å². The highest BCUT2D eigenvalue weighted by molar-refractivity contribution is 5.82. The minimum absolute atomic E-state index is 0.00189. The van der Waals surface area contributed by atoms with Crippen molar-refractivity contribution in [3.8, 4) is 0 Å². The normalized spacial score (nSPS) is 12.6. The van der Waals surface area contributed by atoms with Gasteiger partial charge in [0.25, 0.3) is 0 Å². The Hall–Kier alpha value is -3.16. The van der Waals surface area contributed by atoms with Gasteiger partial charge in [-0.3, -0.25) is 14.8 Å². The van der Waals surface area contributed by atoms with Crippen LogP contribution in [0.15, 0.2) is 61.1 Å². The van der Waals surface area contributed by atoms with E-state index in [9.17, 15) is 26.7 Å². The van der Waals surface area contributed by atoms with Gasteiger partial charge in [0.1, 0.15) is 17.4 Å². The fourth-order valence-electron chi connectivity index (χ4n) is 3.03. The van der Waals surface area contributed by atoms with Crippen LogP contribution < -0.4 is 0 Å². The van der Waals surface area contributed by atoms with E-state index < -0.39 is 29.3 Å². The molecule has 0 aliphatic carbocycles. The molecule has 0 aliphatic rings. The summed E-state index contributed by atoms with van der Waals surface area (Å²) in [6.45, 7) is 0. The van der Waals surface area contributed by atoms with Crippen LogP contribution in [0.2, 0.25) is 0 Å². The first-order chi connectivity index (χ1) is 13.8. The molecule has 3 rings (SSSR count).